The lowest BCUT2D eigenvalue weighted by Gasteiger charge is -2.25. The number of rotatable bonds is 5. The second-order valence-electron chi connectivity index (χ2n) is 9.00. The highest BCUT2D eigenvalue weighted by atomic mass is 19.1. The van der Waals surface area contributed by atoms with Gasteiger partial charge in [0, 0.05) is 42.6 Å². The van der Waals surface area contributed by atoms with E-state index in [9.17, 15) is 9.18 Å². The molecule has 0 unspecified atom stereocenters. The van der Waals surface area contributed by atoms with Gasteiger partial charge in [-0.25, -0.2) is 4.39 Å². The van der Waals surface area contributed by atoms with Crippen molar-refractivity contribution in [2.45, 2.75) is 46.1 Å². The highest BCUT2D eigenvalue weighted by Gasteiger charge is 2.28. The lowest BCUT2D eigenvalue weighted by Crippen LogP contribution is -2.33. The number of likely N-dealkylation sites (tertiary alicyclic amines) is 1. The van der Waals surface area contributed by atoms with Crippen molar-refractivity contribution in [1.29, 1.82) is 0 Å². The average molecular weight is 410 g/mol. The van der Waals surface area contributed by atoms with Crippen LogP contribution in [0, 0.1) is 25.6 Å². The Morgan fingerprint density at radius 3 is 2.67 bits per heavy atom. The summed E-state index contributed by atoms with van der Waals surface area (Å²) >= 11 is 0. The maximum atomic E-state index is 13.5. The molecular formula is C25H32FN3O. The Morgan fingerprint density at radius 1 is 1.10 bits per heavy atom. The first-order valence-corrected chi connectivity index (χ1v) is 11.1. The molecule has 0 aliphatic carbocycles. The van der Waals surface area contributed by atoms with E-state index in [1.807, 2.05) is 19.9 Å². The standard InChI is InChI=1S/C25H32FN3O/c1-17-6-7-21(26)14-23(17)25(30)27-24-9-8-22(13-18(24)2)29-12-10-20(16-29)15-28-11-4-5-19(28)3/h6-9,13-14,19-20H,4-5,10-12,15-16H2,1-3H3,(H,27,30)/t19-,20+/m0/s1. The Labute approximate surface area is 179 Å². The molecule has 2 aromatic carbocycles. The molecule has 2 saturated heterocycles. The monoisotopic (exact) mass is 409 g/mol. The van der Waals surface area contributed by atoms with Crippen molar-refractivity contribution in [2.24, 2.45) is 5.92 Å². The minimum Gasteiger partial charge on any atom is -0.371 e. The number of halogens is 1. The third-order valence-corrected chi connectivity index (χ3v) is 6.74. The Bertz CT molecular complexity index is 929. The van der Waals surface area contributed by atoms with E-state index in [4.69, 9.17) is 0 Å². The molecule has 30 heavy (non-hydrogen) atoms. The van der Waals surface area contributed by atoms with E-state index < -0.39 is 5.82 Å². The van der Waals surface area contributed by atoms with Crippen molar-refractivity contribution in [3.8, 4) is 0 Å². The van der Waals surface area contributed by atoms with E-state index >= 15 is 0 Å². The lowest BCUT2D eigenvalue weighted by atomic mass is 10.1. The summed E-state index contributed by atoms with van der Waals surface area (Å²) in [5, 5.41) is 2.94. The number of nitrogens with one attached hydrogen (secondary N) is 1. The molecular weight excluding hydrogens is 377 g/mol. The van der Waals surface area contributed by atoms with Crippen LogP contribution in [-0.2, 0) is 0 Å². The summed E-state index contributed by atoms with van der Waals surface area (Å²) in [7, 11) is 0. The Balaban J connectivity index is 1.40. The maximum absolute atomic E-state index is 13.5. The number of carbonyl (C=O) groups is 1. The average Bonchev–Trinajstić information content (AvgIpc) is 3.35. The van der Waals surface area contributed by atoms with E-state index in [0.717, 1.165) is 41.9 Å². The van der Waals surface area contributed by atoms with Gasteiger partial charge < -0.3 is 15.1 Å². The van der Waals surface area contributed by atoms with Gasteiger partial charge in [-0.3, -0.25) is 4.79 Å². The fraction of sp³-hybridized carbons (Fsp3) is 0.480. The van der Waals surface area contributed by atoms with Crippen molar-refractivity contribution < 1.29 is 9.18 Å². The molecule has 2 atom stereocenters. The number of nitrogens with zero attached hydrogens (tertiary/aromatic N) is 2. The van der Waals surface area contributed by atoms with Crippen LogP contribution in [0.1, 0.15) is 47.7 Å². The third kappa shape index (κ3) is 4.51. The third-order valence-electron chi connectivity index (χ3n) is 6.74. The molecule has 2 aromatic rings. The predicted molar refractivity (Wildman–Crippen MR) is 121 cm³/mol. The van der Waals surface area contributed by atoms with Crippen LogP contribution in [0.15, 0.2) is 36.4 Å². The number of anilines is 2. The zero-order valence-corrected chi connectivity index (χ0v) is 18.2. The van der Waals surface area contributed by atoms with Crippen LogP contribution < -0.4 is 10.2 Å². The molecule has 5 heteroatoms. The Morgan fingerprint density at radius 2 is 1.93 bits per heavy atom. The smallest absolute Gasteiger partial charge is 0.256 e. The van der Waals surface area contributed by atoms with Gasteiger partial charge in [-0.15, -0.1) is 0 Å². The van der Waals surface area contributed by atoms with Crippen molar-refractivity contribution in [2.75, 3.05) is 36.4 Å². The topological polar surface area (TPSA) is 35.6 Å². The van der Waals surface area contributed by atoms with Crippen LogP contribution in [0.3, 0.4) is 0 Å². The van der Waals surface area contributed by atoms with Crippen LogP contribution in [-0.4, -0.2) is 43.0 Å². The number of amides is 1. The summed E-state index contributed by atoms with van der Waals surface area (Å²) in [5.41, 5.74) is 4.14. The van der Waals surface area contributed by atoms with Gasteiger partial charge in [0.15, 0.2) is 0 Å². The van der Waals surface area contributed by atoms with Crippen LogP contribution in [0.5, 0.6) is 0 Å². The largest absolute Gasteiger partial charge is 0.371 e. The Kier molecular flexibility index (Phi) is 6.09. The summed E-state index contributed by atoms with van der Waals surface area (Å²) in [5.74, 6) is 0.0507. The zero-order valence-electron chi connectivity index (χ0n) is 18.2. The quantitative estimate of drug-likeness (QED) is 0.754. The molecule has 4 nitrogen and oxygen atoms in total. The fourth-order valence-electron chi connectivity index (χ4n) is 4.83. The van der Waals surface area contributed by atoms with E-state index in [1.165, 1.54) is 50.2 Å². The number of aryl methyl sites for hydroxylation is 2. The Hall–Kier alpha value is -2.40. The van der Waals surface area contributed by atoms with Gasteiger partial charge in [-0.2, -0.15) is 0 Å². The molecule has 0 spiro atoms. The predicted octanol–water partition coefficient (Wildman–Crippen LogP) is 5.01. The van der Waals surface area contributed by atoms with Crippen LogP contribution >= 0.6 is 0 Å². The van der Waals surface area contributed by atoms with Crippen molar-refractivity contribution in [3.63, 3.8) is 0 Å². The van der Waals surface area contributed by atoms with E-state index in [1.54, 1.807) is 6.07 Å². The normalized spacial score (nSPS) is 21.9. The van der Waals surface area contributed by atoms with Gasteiger partial charge in [0.1, 0.15) is 5.82 Å². The van der Waals surface area contributed by atoms with Gasteiger partial charge in [-0.05, 0) is 94.0 Å². The minimum absolute atomic E-state index is 0.274. The van der Waals surface area contributed by atoms with Crippen molar-refractivity contribution in [1.82, 2.24) is 4.90 Å². The van der Waals surface area contributed by atoms with Gasteiger partial charge in [0.2, 0.25) is 0 Å². The molecule has 2 aliphatic heterocycles. The second-order valence-corrected chi connectivity index (χ2v) is 9.00. The second kappa shape index (κ2) is 8.76. The number of carbonyl (C=O) groups excluding carboxylic acids is 1. The van der Waals surface area contributed by atoms with Crippen LogP contribution in [0.2, 0.25) is 0 Å². The summed E-state index contributed by atoms with van der Waals surface area (Å²) in [6, 6.07) is 11.2. The van der Waals surface area contributed by atoms with E-state index in [-0.39, 0.29) is 5.91 Å². The first-order chi connectivity index (χ1) is 14.4. The molecule has 4 rings (SSSR count). The first-order valence-electron chi connectivity index (χ1n) is 11.1. The maximum Gasteiger partial charge on any atom is 0.256 e. The lowest BCUT2D eigenvalue weighted by molar-refractivity contribution is 0.102. The number of benzene rings is 2. The summed E-state index contributed by atoms with van der Waals surface area (Å²) in [6.07, 6.45) is 3.90. The number of hydrogen-bond acceptors (Lipinski definition) is 3. The van der Waals surface area contributed by atoms with Crippen molar-refractivity contribution in [3.05, 3.63) is 58.9 Å². The van der Waals surface area contributed by atoms with E-state index in [0.29, 0.717) is 5.56 Å². The molecule has 1 amide bonds. The molecule has 1 N–H and O–H groups in total. The minimum atomic E-state index is -0.398. The first kappa shape index (κ1) is 20.9. The number of hydrogen-bond donors (Lipinski definition) is 1. The molecule has 0 bridgehead atoms. The highest BCUT2D eigenvalue weighted by Crippen LogP contribution is 2.29. The summed E-state index contributed by atoms with van der Waals surface area (Å²) < 4.78 is 13.5. The molecule has 160 valence electrons. The summed E-state index contributed by atoms with van der Waals surface area (Å²) in [4.78, 5) is 17.7. The SMILES string of the molecule is Cc1cc(N2CC[C@H](CN3CCC[C@@H]3C)C2)ccc1NC(=O)c1cc(F)ccc1C. The molecule has 2 fully saturated rings. The van der Waals surface area contributed by atoms with Gasteiger partial charge in [-0.1, -0.05) is 6.07 Å². The van der Waals surface area contributed by atoms with Gasteiger partial charge >= 0.3 is 0 Å². The molecule has 0 radical (unpaired) electrons. The van der Waals surface area contributed by atoms with E-state index in [2.05, 4.69) is 34.2 Å². The molecule has 2 heterocycles. The van der Waals surface area contributed by atoms with Gasteiger partial charge in [0.05, 0.1) is 0 Å². The molecule has 0 aromatic heterocycles. The highest BCUT2D eigenvalue weighted by molar-refractivity contribution is 6.05. The molecule has 0 saturated carbocycles. The van der Waals surface area contributed by atoms with Crippen molar-refractivity contribution >= 4 is 17.3 Å². The molecule has 2 aliphatic rings. The fourth-order valence-corrected chi connectivity index (χ4v) is 4.83. The zero-order chi connectivity index (χ0) is 21.3. The van der Waals surface area contributed by atoms with Crippen LogP contribution in [0.4, 0.5) is 15.8 Å². The van der Waals surface area contributed by atoms with Crippen LogP contribution in [0.25, 0.3) is 0 Å². The summed E-state index contributed by atoms with van der Waals surface area (Å²) in [6.45, 7) is 10.8. The van der Waals surface area contributed by atoms with Gasteiger partial charge in [0.25, 0.3) is 5.91 Å².